The SMILES string of the molecule is CC1=C(C(=O)Nc2ccccn2)[C@H](c2ccc(C)cc2)C2C(=O)C[C@@H](C)CC2=N1. The molecule has 148 valence electrons. The van der Waals surface area contributed by atoms with E-state index in [4.69, 9.17) is 4.99 Å². The summed E-state index contributed by atoms with van der Waals surface area (Å²) < 4.78 is 0. The number of ketones is 1. The molecule has 0 bridgehead atoms. The number of hydrogen-bond acceptors (Lipinski definition) is 4. The maximum absolute atomic E-state index is 13.3. The van der Waals surface area contributed by atoms with Gasteiger partial charge in [-0.3, -0.25) is 14.6 Å². The first-order valence-corrected chi connectivity index (χ1v) is 10.0. The molecule has 1 fully saturated rings. The Hall–Kier alpha value is -3.08. The highest BCUT2D eigenvalue weighted by molar-refractivity contribution is 6.14. The van der Waals surface area contributed by atoms with Gasteiger partial charge >= 0.3 is 0 Å². The Morgan fingerprint density at radius 1 is 1.03 bits per heavy atom. The fraction of sp³-hybridized carbons (Fsp3) is 0.333. The minimum absolute atomic E-state index is 0.170. The number of carbonyl (C=O) groups excluding carboxylic acids is 2. The van der Waals surface area contributed by atoms with Crippen molar-refractivity contribution in [2.45, 2.75) is 39.5 Å². The maximum Gasteiger partial charge on any atom is 0.255 e. The number of nitrogens with one attached hydrogen (secondary N) is 1. The highest BCUT2D eigenvalue weighted by atomic mass is 16.2. The molecule has 1 aromatic carbocycles. The average molecular weight is 387 g/mol. The second-order valence-electron chi connectivity index (χ2n) is 8.12. The molecule has 1 aromatic heterocycles. The van der Waals surface area contributed by atoms with Crippen molar-refractivity contribution in [3.63, 3.8) is 0 Å². The van der Waals surface area contributed by atoms with E-state index in [9.17, 15) is 9.59 Å². The minimum Gasteiger partial charge on any atom is -0.307 e. The van der Waals surface area contributed by atoms with Crippen LogP contribution >= 0.6 is 0 Å². The summed E-state index contributed by atoms with van der Waals surface area (Å²) in [6, 6.07) is 13.5. The Bertz CT molecular complexity index is 1010. The smallest absolute Gasteiger partial charge is 0.255 e. The molecule has 5 heteroatoms. The Morgan fingerprint density at radius 3 is 2.48 bits per heavy atom. The second kappa shape index (κ2) is 7.74. The van der Waals surface area contributed by atoms with Gasteiger partial charge in [-0.1, -0.05) is 42.8 Å². The van der Waals surface area contributed by atoms with Crippen molar-refractivity contribution in [1.82, 2.24) is 4.98 Å². The molecule has 2 aliphatic rings. The van der Waals surface area contributed by atoms with Crippen molar-refractivity contribution in [3.8, 4) is 0 Å². The molecule has 1 amide bonds. The van der Waals surface area contributed by atoms with Crippen molar-refractivity contribution in [1.29, 1.82) is 0 Å². The Kier molecular flexibility index (Phi) is 5.14. The third-order valence-electron chi connectivity index (χ3n) is 5.75. The van der Waals surface area contributed by atoms with Crippen LogP contribution in [0.1, 0.15) is 43.7 Å². The van der Waals surface area contributed by atoms with Crippen molar-refractivity contribution in [2.24, 2.45) is 16.8 Å². The molecule has 29 heavy (non-hydrogen) atoms. The summed E-state index contributed by atoms with van der Waals surface area (Å²) in [5.74, 6) is -0.00898. The molecular weight excluding hydrogens is 362 g/mol. The lowest BCUT2D eigenvalue weighted by Crippen LogP contribution is -2.41. The zero-order valence-electron chi connectivity index (χ0n) is 17.0. The Labute approximate surface area is 171 Å². The Morgan fingerprint density at radius 2 is 1.79 bits per heavy atom. The Balaban J connectivity index is 1.80. The van der Waals surface area contributed by atoms with Gasteiger partial charge in [0.25, 0.3) is 5.91 Å². The summed E-state index contributed by atoms with van der Waals surface area (Å²) in [6.45, 7) is 5.97. The molecule has 2 aromatic rings. The second-order valence-corrected chi connectivity index (χ2v) is 8.12. The molecule has 1 saturated carbocycles. The molecule has 1 N–H and O–H groups in total. The fourth-order valence-electron chi connectivity index (χ4n) is 4.43. The topological polar surface area (TPSA) is 71.4 Å². The molecule has 1 aliphatic carbocycles. The standard InChI is InChI=1S/C24H25N3O2/c1-14-7-9-17(10-8-14)22-21(24(29)27-20-6-4-5-11-25-20)16(3)26-18-12-15(2)13-19(28)23(18)22/h4-11,15,22-23H,12-13H2,1-3H3,(H,25,27,29)/t15-,22-,23?/m0/s1. The minimum atomic E-state index is -0.373. The van der Waals surface area contributed by atoms with Crippen LogP contribution in [0.15, 0.2) is 64.9 Å². The molecule has 2 heterocycles. The van der Waals surface area contributed by atoms with Crippen LogP contribution in [0.5, 0.6) is 0 Å². The number of amides is 1. The van der Waals surface area contributed by atoms with Crippen LogP contribution in [0.4, 0.5) is 5.82 Å². The fourth-order valence-corrected chi connectivity index (χ4v) is 4.43. The molecule has 0 spiro atoms. The van der Waals surface area contributed by atoms with Crippen molar-refractivity contribution < 1.29 is 9.59 Å². The lowest BCUT2D eigenvalue weighted by atomic mass is 9.67. The number of hydrogen-bond donors (Lipinski definition) is 1. The van der Waals surface area contributed by atoms with Crippen LogP contribution in [0.3, 0.4) is 0 Å². The number of rotatable bonds is 3. The number of benzene rings is 1. The molecule has 0 radical (unpaired) electrons. The van der Waals surface area contributed by atoms with E-state index >= 15 is 0 Å². The van der Waals surface area contributed by atoms with Crippen molar-refractivity contribution in [2.75, 3.05) is 5.32 Å². The maximum atomic E-state index is 13.3. The highest BCUT2D eigenvalue weighted by Crippen LogP contribution is 2.44. The lowest BCUT2D eigenvalue weighted by Gasteiger charge is -2.37. The van der Waals surface area contributed by atoms with Crippen molar-refractivity contribution in [3.05, 3.63) is 71.1 Å². The van der Waals surface area contributed by atoms with Gasteiger partial charge in [-0.05, 0) is 43.9 Å². The van der Waals surface area contributed by atoms with Crippen LogP contribution in [-0.2, 0) is 9.59 Å². The van der Waals surface area contributed by atoms with Crippen molar-refractivity contribution >= 4 is 23.2 Å². The predicted molar refractivity (Wildman–Crippen MR) is 114 cm³/mol. The predicted octanol–water partition coefficient (Wildman–Crippen LogP) is 4.46. The van der Waals surface area contributed by atoms with Gasteiger partial charge in [-0.2, -0.15) is 0 Å². The quantitative estimate of drug-likeness (QED) is 0.845. The van der Waals surface area contributed by atoms with E-state index in [1.165, 1.54) is 0 Å². The average Bonchev–Trinajstić information content (AvgIpc) is 2.68. The van der Waals surface area contributed by atoms with Gasteiger partial charge in [0, 0.05) is 35.5 Å². The van der Waals surface area contributed by atoms with E-state index in [0.29, 0.717) is 23.5 Å². The van der Waals surface area contributed by atoms with Gasteiger partial charge < -0.3 is 5.32 Å². The number of aromatic nitrogens is 1. The normalized spacial score (nSPS) is 24.0. The van der Waals surface area contributed by atoms with Crippen LogP contribution in [0.25, 0.3) is 0 Å². The molecule has 0 saturated heterocycles. The summed E-state index contributed by atoms with van der Waals surface area (Å²) >= 11 is 0. The van der Waals surface area contributed by atoms with Gasteiger partial charge in [0.2, 0.25) is 0 Å². The molecular formula is C24H25N3O2. The van der Waals surface area contributed by atoms with E-state index in [1.54, 1.807) is 18.3 Å². The third-order valence-corrected chi connectivity index (χ3v) is 5.75. The summed E-state index contributed by atoms with van der Waals surface area (Å²) in [5, 5.41) is 2.88. The summed E-state index contributed by atoms with van der Waals surface area (Å²) in [5.41, 5.74) is 4.25. The summed E-state index contributed by atoms with van der Waals surface area (Å²) in [4.78, 5) is 35.3. The summed E-state index contributed by atoms with van der Waals surface area (Å²) in [7, 11) is 0. The van der Waals surface area contributed by atoms with E-state index in [1.807, 2.05) is 44.2 Å². The third kappa shape index (κ3) is 3.77. The van der Waals surface area contributed by atoms with Crippen LogP contribution in [-0.4, -0.2) is 22.4 Å². The number of pyridine rings is 1. The largest absolute Gasteiger partial charge is 0.307 e. The number of aryl methyl sites for hydroxylation is 1. The van der Waals surface area contributed by atoms with E-state index in [0.717, 1.165) is 23.3 Å². The van der Waals surface area contributed by atoms with Crippen LogP contribution in [0, 0.1) is 18.8 Å². The van der Waals surface area contributed by atoms with Gasteiger partial charge in [-0.15, -0.1) is 0 Å². The van der Waals surface area contributed by atoms with E-state index in [-0.39, 0.29) is 29.4 Å². The molecule has 3 atom stereocenters. The number of anilines is 1. The molecule has 4 rings (SSSR count). The number of aliphatic imine (C=N–C) groups is 1. The number of fused-ring (bicyclic) bond motifs is 1. The highest BCUT2D eigenvalue weighted by Gasteiger charge is 2.44. The van der Waals surface area contributed by atoms with Gasteiger partial charge in [0.1, 0.15) is 11.6 Å². The van der Waals surface area contributed by atoms with Crippen LogP contribution in [0.2, 0.25) is 0 Å². The molecule has 1 unspecified atom stereocenters. The lowest BCUT2D eigenvalue weighted by molar-refractivity contribution is -0.123. The zero-order valence-corrected chi connectivity index (χ0v) is 17.0. The van der Waals surface area contributed by atoms with Gasteiger partial charge in [-0.25, -0.2) is 4.98 Å². The monoisotopic (exact) mass is 387 g/mol. The van der Waals surface area contributed by atoms with Crippen LogP contribution < -0.4 is 5.32 Å². The number of nitrogens with zero attached hydrogens (tertiary/aromatic N) is 2. The molecule has 1 aliphatic heterocycles. The zero-order chi connectivity index (χ0) is 20.5. The summed E-state index contributed by atoms with van der Waals surface area (Å²) in [6.07, 6.45) is 2.96. The number of allylic oxidation sites excluding steroid dienone is 1. The first-order valence-electron chi connectivity index (χ1n) is 10.0. The first kappa shape index (κ1) is 19.2. The molecule has 5 nitrogen and oxygen atoms in total. The first-order chi connectivity index (χ1) is 13.9. The van der Waals surface area contributed by atoms with Gasteiger partial charge in [0.15, 0.2) is 0 Å². The van der Waals surface area contributed by atoms with E-state index in [2.05, 4.69) is 17.2 Å². The van der Waals surface area contributed by atoms with Gasteiger partial charge in [0.05, 0.1) is 5.92 Å². The van der Waals surface area contributed by atoms with E-state index < -0.39 is 0 Å². The number of Topliss-reactive ketones (excluding diaryl/α,β-unsaturated/α-hetero) is 1. The number of carbonyl (C=O) groups is 2.